The SMILES string of the molecule is CCOC(=O)c1cnc(-c2ccccc2C)n(CCO[Si](C)(C)C(C)(C)C)c1=O. The monoisotopic (exact) mass is 416 g/mol. The molecule has 0 bridgehead atoms. The molecule has 0 aliphatic rings. The van der Waals surface area contributed by atoms with Gasteiger partial charge in [0, 0.05) is 18.3 Å². The lowest BCUT2D eigenvalue weighted by Gasteiger charge is -2.36. The third-order valence-electron chi connectivity index (χ3n) is 5.51. The molecule has 0 saturated carbocycles. The van der Waals surface area contributed by atoms with Gasteiger partial charge in [0.25, 0.3) is 5.56 Å². The molecule has 7 heteroatoms. The van der Waals surface area contributed by atoms with Gasteiger partial charge in [-0.2, -0.15) is 0 Å². The van der Waals surface area contributed by atoms with Crippen LogP contribution < -0.4 is 5.56 Å². The first-order valence-corrected chi connectivity index (χ1v) is 12.9. The molecule has 6 nitrogen and oxygen atoms in total. The zero-order valence-electron chi connectivity index (χ0n) is 18.5. The quantitative estimate of drug-likeness (QED) is 0.494. The summed E-state index contributed by atoms with van der Waals surface area (Å²) in [5, 5.41) is 0.0713. The second kappa shape index (κ2) is 9.05. The Labute approximate surface area is 174 Å². The highest BCUT2D eigenvalue weighted by Gasteiger charge is 2.37. The number of benzene rings is 1. The van der Waals surface area contributed by atoms with Gasteiger partial charge < -0.3 is 9.16 Å². The molecule has 0 atom stereocenters. The number of carbonyl (C=O) groups excluding carboxylic acids is 1. The van der Waals surface area contributed by atoms with Gasteiger partial charge >= 0.3 is 5.97 Å². The van der Waals surface area contributed by atoms with Crippen molar-refractivity contribution in [3.05, 3.63) is 51.9 Å². The average Bonchev–Trinajstić information content (AvgIpc) is 2.62. The largest absolute Gasteiger partial charge is 0.462 e. The fraction of sp³-hybridized carbons (Fsp3) is 0.500. The molecule has 1 aromatic heterocycles. The molecule has 0 amide bonds. The summed E-state index contributed by atoms with van der Waals surface area (Å²) in [7, 11) is -1.96. The molecule has 0 radical (unpaired) electrons. The Hall–Kier alpha value is -2.25. The van der Waals surface area contributed by atoms with Crippen molar-refractivity contribution in [2.45, 2.75) is 59.3 Å². The molecule has 29 heavy (non-hydrogen) atoms. The summed E-state index contributed by atoms with van der Waals surface area (Å²) >= 11 is 0. The van der Waals surface area contributed by atoms with Crippen LogP contribution in [0.3, 0.4) is 0 Å². The number of rotatable bonds is 7. The molecule has 0 saturated heterocycles. The third kappa shape index (κ3) is 5.22. The molecule has 2 aromatic rings. The lowest BCUT2D eigenvalue weighted by Crippen LogP contribution is -2.42. The van der Waals surface area contributed by atoms with E-state index in [4.69, 9.17) is 9.16 Å². The van der Waals surface area contributed by atoms with Gasteiger partial charge in [-0.3, -0.25) is 9.36 Å². The van der Waals surface area contributed by atoms with Crippen LogP contribution in [0.1, 0.15) is 43.6 Å². The number of nitrogens with zero attached hydrogens (tertiary/aromatic N) is 2. The average molecular weight is 417 g/mol. The van der Waals surface area contributed by atoms with Gasteiger partial charge in [0.15, 0.2) is 8.32 Å². The summed E-state index contributed by atoms with van der Waals surface area (Å²) in [5.74, 6) is -0.125. The van der Waals surface area contributed by atoms with Crippen LogP contribution in [-0.2, 0) is 15.7 Å². The van der Waals surface area contributed by atoms with Crippen molar-refractivity contribution in [1.82, 2.24) is 9.55 Å². The summed E-state index contributed by atoms with van der Waals surface area (Å²) in [4.78, 5) is 29.8. The Morgan fingerprint density at radius 2 is 1.86 bits per heavy atom. The van der Waals surface area contributed by atoms with Gasteiger partial charge in [-0.05, 0) is 37.5 Å². The Bertz CT molecular complexity index is 929. The van der Waals surface area contributed by atoms with Gasteiger partial charge in [-0.25, -0.2) is 9.78 Å². The van der Waals surface area contributed by atoms with E-state index in [0.29, 0.717) is 19.0 Å². The van der Waals surface area contributed by atoms with Crippen LogP contribution in [0.25, 0.3) is 11.4 Å². The number of aromatic nitrogens is 2. The molecule has 0 fully saturated rings. The number of carbonyl (C=O) groups is 1. The fourth-order valence-electron chi connectivity index (χ4n) is 2.70. The second-order valence-corrected chi connectivity index (χ2v) is 13.4. The Balaban J connectivity index is 2.46. The van der Waals surface area contributed by atoms with E-state index in [-0.39, 0.29) is 17.2 Å². The van der Waals surface area contributed by atoms with Crippen molar-refractivity contribution in [3.63, 3.8) is 0 Å². The summed E-state index contributed by atoms with van der Waals surface area (Å²) in [6, 6.07) is 7.74. The minimum Gasteiger partial charge on any atom is -0.462 e. The van der Waals surface area contributed by atoms with Gasteiger partial charge in [-0.1, -0.05) is 45.0 Å². The van der Waals surface area contributed by atoms with Crippen LogP contribution in [0.4, 0.5) is 0 Å². The molecule has 1 heterocycles. The van der Waals surface area contributed by atoms with E-state index >= 15 is 0 Å². The van der Waals surface area contributed by atoms with Crippen LogP contribution in [-0.4, -0.2) is 37.1 Å². The third-order valence-corrected chi connectivity index (χ3v) is 10.1. The van der Waals surface area contributed by atoms with Crippen molar-refractivity contribution >= 4 is 14.3 Å². The molecule has 158 valence electrons. The van der Waals surface area contributed by atoms with E-state index in [1.807, 2.05) is 31.2 Å². The first-order chi connectivity index (χ1) is 13.5. The maximum Gasteiger partial charge on any atom is 0.345 e. The summed E-state index contributed by atoms with van der Waals surface area (Å²) in [6.07, 6.45) is 1.31. The molecule has 0 spiro atoms. The molecule has 1 aromatic carbocycles. The molecular weight excluding hydrogens is 384 g/mol. The normalized spacial score (nSPS) is 12.1. The Kier molecular flexibility index (Phi) is 7.18. The predicted octanol–water partition coefficient (Wildman–Crippen LogP) is 4.42. The first kappa shape index (κ1) is 23.0. The van der Waals surface area contributed by atoms with E-state index in [9.17, 15) is 9.59 Å². The zero-order valence-corrected chi connectivity index (χ0v) is 19.5. The molecule has 0 aliphatic carbocycles. The van der Waals surface area contributed by atoms with Crippen LogP contribution in [0, 0.1) is 6.92 Å². The van der Waals surface area contributed by atoms with Crippen molar-refractivity contribution in [2.75, 3.05) is 13.2 Å². The number of aryl methyl sites for hydroxylation is 1. The van der Waals surface area contributed by atoms with E-state index < -0.39 is 19.8 Å². The Morgan fingerprint density at radius 1 is 1.21 bits per heavy atom. The second-order valence-electron chi connectivity index (χ2n) is 8.60. The maximum atomic E-state index is 13.1. The molecule has 0 unspecified atom stereocenters. The van der Waals surface area contributed by atoms with Crippen LogP contribution in [0.5, 0.6) is 0 Å². The van der Waals surface area contributed by atoms with E-state index in [1.54, 1.807) is 6.92 Å². The van der Waals surface area contributed by atoms with Crippen molar-refractivity contribution in [2.24, 2.45) is 0 Å². The van der Waals surface area contributed by atoms with E-state index in [1.165, 1.54) is 10.8 Å². The van der Waals surface area contributed by atoms with Crippen LogP contribution in [0.2, 0.25) is 18.1 Å². The molecule has 2 rings (SSSR count). The number of hydrogen-bond acceptors (Lipinski definition) is 5. The summed E-state index contributed by atoms with van der Waals surface area (Å²) in [5.41, 5.74) is 1.39. The Morgan fingerprint density at radius 3 is 2.45 bits per heavy atom. The molecular formula is C22H32N2O4Si. The van der Waals surface area contributed by atoms with Gasteiger partial charge in [-0.15, -0.1) is 0 Å². The van der Waals surface area contributed by atoms with Crippen LogP contribution in [0.15, 0.2) is 35.3 Å². The zero-order chi connectivity index (χ0) is 21.8. The first-order valence-electron chi connectivity index (χ1n) is 9.96. The number of hydrogen-bond donors (Lipinski definition) is 0. The van der Waals surface area contributed by atoms with Gasteiger partial charge in [0.05, 0.1) is 13.2 Å². The van der Waals surface area contributed by atoms with Gasteiger partial charge in [0.1, 0.15) is 11.4 Å². The predicted molar refractivity (Wildman–Crippen MR) is 118 cm³/mol. The minimum atomic E-state index is -1.96. The van der Waals surface area contributed by atoms with Crippen molar-refractivity contribution in [3.8, 4) is 11.4 Å². The molecule has 0 N–H and O–H groups in total. The highest BCUT2D eigenvalue weighted by Crippen LogP contribution is 2.36. The number of esters is 1. The standard InChI is InChI=1S/C22H32N2O4Si/c1-8-27-21(26)18-15-23-19(17-12-10-9-11-16(17)2)24(20(18)25)13-14-28-29(6,7)22(3,4)5/h9-12,15H,8,13-14H2,1-7H3. The summed E-state index contributed by atoms with van der Waals surface area (Å²) in [6.45, 7) is 15.4. The maximum absolute atomic E-state index is 13.1. The summed E-state index contributed by atoms with van der Waals surface area (Å²) < 4.78 is 12.8. The number of ether oxygens (including phenoxy) is 1. The lowest BCUT2D eigenvalue weighted by atomic mass is 10.1. The highest BCUT2D eigenvalue weighted by atomic mass is 28.4. The van der Waals surface area contributed by atoms with E-state index in [0.717, 1.165) is 11.1 Å². The van der Waals surface area contributed by atoms with Gasteiger partial charge in [0.2, 0.25) is 0 Å². The topological polar surface area (TPSA) is 70.4 Å². The fourth-order valence-corrected chi connectivity index (χ4v) is 3.73. The lowest BCUT2D eigenvalue weighted by molar-refractivity contribution is 0.0522. The van der Waals surface area contributed by atoms with Crippen molar-refractivity contribution in [1.29, 1.82) is 0 Å². The minimum absolute atomic E-state index is 0.0588. The highest BCUT2D eigenvalue weighted by molar-refractivity contribution is 6.74. The van der Waals surface area contributed by atoms with E-state index in [2.05, 4.69) is 38.8 Å². The van der Waals surface area contributed by atoms with Crippen LogP contribution >= 0.6 is 0 Å². The van der Waals surface area contributed by atoms with Crippen molar-refractivity contribution < 1.29 is 14.0 Å². The molecule has 0 aliphatic heterocycles. The smallest absolute Gasteiger partial charge is 0.345 e.